The molecule has 3 aromatic carbocycles. The molecular formula is C28H20Cl2F3N3O4. The number of nitrogens with zero attached hydrogens (tertiary/aromatic N) is 2. The number of halogens is 5. The lowest BCUT2D eigenvalue weighted by Crippen LogP contribution is -2.20. The fraction of sp³-hybridized carbons (Fsp3) is 0.179. The van der Waals surface area contributed by atoms with Gasteiger partial charge in [-0.1, -0.05) is 35.3 Å². The quantitative estimate of drug-likeness (QED) is 0.271. The highest BCUT2D eigenvalue weighted by Crippen LogP contribution is 2.34. The van der Waals surface area contributed by atoms with Gasteiger partial charge in [-0.2, -0.15) is 13.2 Å². The van der Waals surface area contributed by atoms with Crippen LogP contribution >= 0.6 is 23.2 Å². The van der Waals surface area contributed by atoms with Gasteiger partial charge in [-0.25, -0.2) is 4.98 Å². The van der Waals surface area contributed by atoms with Gasteiger partial charge in [0.25, 0.3) is 11.5 Å². The van der Waals surface area contributed by atoms with Crippen molar-refractivity contribution in [2.45, 2.75) is 19.1 Å². The molecule has 7 nitrogen and oxygen atoms in total. The van der Waals surface area contributed by atoms with Gasteiger partial charge in [-0.05, 0) is 66.1 Å². The molecule has 0 spiro atoms. The predicted octanol–water partition coefficient (Wildman–Crippen LogP) is 6.69. The number of ether oxygens (including phenoxy) is 2. The predicted molar refractivity (Wildman–Crippen MR) is 147 cm³/mol. The van der Waals surface area contributed by atoms with Crippen molar-refractivity contribution in [1.29, 1.82) is 0 Å². The summed E-state index contributed by atoms with van der Waals surface area (Å²) < 4.78 is 51.3. The smallest absolute Gasteiger partial charge is 0.416 e. The van der Waals surface area contributed by atoms with Crippen LogP contribution in [-0.2, 0) is 17.5 Å². The fourth-order valence-corrected chi connectivity index (χ4v) is 4.93. The number of rotatable bonds is 6. The van der Waals surface area contributed by atoms with Crippen LogP contribution in [0.3, 0.4) is 0 Å². The molecular weight excluding hydrogens is 570 g/mol. The first-order chi connectivity index (χ1) is 19.0. The molecule has 5 rings (SSSR count). The van der Waals surface area contributed by atoms with Crippen LogP contribution in [0.2, 0.25) is 10.0 Å². The molecule has 4 aromatic rings. The van der Waals surface area contributed by atoms with Crippen LogP contribution in [0, 0.1) is 0 Å². The van der Waals surface area contributed by atoms with Crippen molar-refractivity contribution in [3.63, 3.8) is 0 Å². The fourth-order valence-electron chi connectivity index (χ4n) is 4.39. The van der Waals surface area contributed by atoms with Gasteiger partial charge in [0.05, 0.1) is 28.6 Å². The van der Waals surface area contributed by atoms with E-state index in [2.05, 4.69) is 10.3 Å². The number of anilines is 1. The Balaban J connectivity index is 1.33. The van der Waals surface area contributed by atoms with Gasteiger partial charge in [-0.15, -0.1) is 0 Å². The van der Waals surface area contributed by atoms with Crippen LogP contribution < -0.4 is 20.3 Å². The van der Waals surface area contributed by atoms with Gasteiger partial charge in [0.15, 0.2) is 18.1 Å². The minimum atomic E-state index is -4.52. The zero-order chi connectivity index (χ0) is 28.6. The molecule has 12 heteroatoms. The number of aromatic nitrogens is 2. The molecule has 1 aromatic heterocycles. The van der Waals surface area contributed by atoms with Gasteiger partial charge in [0.2, 0.25) is 0 Å². The molecule has 0 aliphatic carbocycles. The highest BCUT2D eigenvalue weighted by Gasteiger charge is 2.30. The van der Waals surface area contributed by atoms with Crippen LogP contribution in [0.1, 0.15) is 23.4 Å². The minimum Gasteiger partial charge on any atom is -0.493 e. The Bertz CT molecular complexity index is 1730. The Morgan fingerprint density at radius 3 is 2.67 bits per heavy atom. The van der Waals surface area contributed by atoms with E-state index in [0.29, 0.717) is 40.5 Å². The second-order valence-corrected chi connectivity index (χ2v) is 9.76. The van der Waals surface area contributed by atoms with E-state index in [-0.39, 0.29) is 22.0 Å². The summed E-state index contributed by atoms with van der Waals surface area (Å²) in [5.74, 6) is 0.464. The maximum absolute atomic E-state index is 13.0. The van der Waals surface area contributed by atoms with Crippen molar-refractivity contribution in [3.05, 3.63) is 91.9 Å². The van der Waals surface area contributed by atoms with E-state index < -0.39 is 24.3 Å². The zero-order valence-electron chi connectivity index (χ0n) is 20.8. The molecule has 0 unspecified atom stereocenters. The summed E-state index contributed by atoms with van der Waals surface area (Å²) in [7, 11) is 1.44. The Morgan fingerprint density at radius 2 is 1.93 bits per heavy atom. The van der Waals surface area contributed by atoms with E-state index in [0.717, 1.165) is 23.3 Å². The lowest BCUT2D eigenvalue weighted by molar-refractivity contribution is -0.137. The van der Waals surface area contributed by atoms with Gasteiger partial charge in [-0.3, -0.25) is 14.2 Å². The van der Waals surface area contributed by atoms with Gasteiger partial charge in [0, 0.05) is 17.3 Å². The number of nitrogens with one attached hydrogen (secondary N) is 1. The third-order valence-corrected chi connectivity index (χ3v) is 6.74. The van der Waals surface area contributed by atoms with Crippen molar-refractivity contribution in [3.8, 4) is 11.5 Å². The molecule has 1 N–H and O–H groups in total. The van der Waals surface area contributed by atoms with Crippen LogP contribution in [-0.4, -0.2) is 29.2 Å². The van der Waals surface area contributed by atoms with Crippen molar-refractivity contribution >= 4 is 57.3 Å². The summed E-state index contributed by atoms with van der Waals surface area (Å²) >= 11 is 12.4. The van der Waals surface area contributed by atoms with Crippen LogP contribution in [0.5, 0.6) is 11.5 Å². The molecule has 0 saturated carbocycles. The lowest BCUT2D eigenvalue weighted by atomic mass is 10.1. The van der Waals surface area contributed by atoms with E-state index in [1.807, 2.05) is 6.08 Å². The first-order valence-corrected chi connectivity index (χ1v) is 12.7. The van der Waals surface area contributed by atoms with Crippen LogP contribution in [0.4, 0.5) is 18.9 Å². The van der Waals surface area contributed by atoms with Crippen LogP contribution in [0.15, 0.2) is 59.4 Å². The molecule has 2 heterocycles. The lowest BCUT2D eigenvalue weighted by Gasteiger charge is -2.13. The molecule has 0 fully saturated rings. The molecule has 40 heavy (non-hydrogen) atoms. The van der Waals surface area contributed by atoms with E-state index in [9.17, 15) is 22.8 Å². The summed E-state index contributed by atoms with van der Waals surface area (Å²) in [6, 6.07) is 12.5. The largest absolute Gasteiger partial charge is 0.493 e. The number of carbonyl (C=O) groups is 1. The second kappa shape index (κ2) is 10.9. The SMILES string of the molecule is COc1cc(/C=C2\CCn3c2nc2c(Cl)cc(Cl)cc2c3=O)ccc1OCC(=O)Nc1cccc(C(F)(F)F)c1. The van der Waals surface area contributed by atoms with Gasteiger partial charge < -0.3 is 14.8 Å². The third kappa shape index (κ3) is 5.64. The van der Waals surface area contributed by atoms with E-state index in [1.165, 1.54) is 25.3 Å². The first kappa shape index (κ1) is 27.5. The molecule has 1 aliphatic heterocycles. The highest BCUT2D eigenvalue weighted by atomic mass is 35.5. The first-order valence-electron chi connectivity index (χ1n) is 11.9. The molecule has 1 amide bonds. The van der Waals surface area contributed by atoms with E-state index in [4.69, 9.17) is 32.7 Å². The third-order valence-electron chi connectivity index (χ3n) is 6.23. The Hall–Kier alpha value is -4.02. The summed E-state index contributed by atoms with van der Waals surface area (Å²) in [5, 5.41) is 3.38. The number of amides is 1. The molecule has 206 valence electrons. The summed E-state index contributed by atoms with van der Waals surface area (Å²) in [4.78, 5) is 30.0. The molecule has 0 atom stereocenters. The number of hydrogen-bond donors (Lipinski definition) is 1. The molecule has 0 radical (unpaired) electrons. The number of hydrogen-bond acceptors (Lipinski definition) is 5. The van der Waals surface area contributed by atoms with Gasteiger partial charge >= 0.3 is 6.18 Å². The van der Waals surface area contributed by atoms with E-state index in [1.54, 1.807) is 28.8 Å². The van der Waals surface area contributed by atoms with Crippen molar-refractivity contribution in [1.82, 2.24) is 9.55 Å². The summed E-state index contributed by atoms with van der Waals surface area (Å²) in [6.07, 6.45) is -2.09. The minimum absolute atomic E-state index is 0.000845. The summed E-state index contributed by atoms with van der Waals surface area (Å²) in [5.41, 5.74) is 0.832. The summed E-state index contributed by atoms with van der Waals surface area (Å²) in [6.45, 7) is -0.00248. The number of benzene rings is 3. The highest BCUT2D eigenvalue weighted by molar-refractivity contribution is 6.38. The maximum atomic E-state index is 13.0. The van der Waals surface area contributed by atoms with Crippen molar-refractivity contribution in [2.75, 3.05) is 19.0 Å². The van der Waals surface area contributed by atoms with Crippen molar-refractivity contribution in [2.24, 2.45) is 0 Å². The van der Waals surface area contributed by atoms with E-state index >= 15 is 0 Å². The van der Waals surface area contributed by atoms with Gasteiger partial charge in [0.1, 0.15) is 5.82 Å². The number of alkyl halides is 3. The number of fused-ring (bicyclic) bond motifs is 2. The second-order valence-electron chi connectivity index (χ2n) is 8.92. The standard InChI is InChI=1S/C28H20Cl2F3N3O4/c1-39-23-10-15(5-6-22(23)40-14-24(37)34-19-4-2-3-17(11-19)28(31,32)33)9-16-7-8-36-26(16)35-25-20(27(36)38)12-18(29)13-21(25)30/h2-6,9-13H,7-8,14H2,1H3,(H,34,37)/b16-9+. The molecule has 0 bridgehead atoms. The molecule has 1 aliphatic rings. The Kier molecular flexibility index (Phi) is 7.48. The normalized spacial score (nSPS) is 13.9. The average molecular weight is 590 g/mol. The number of carbonyl (C=O) groups excluding carboxylic acids is 1. The topological polar surface area (TPSA) is 82.5 Å². The molecule has 0 saturated heterocycles. The Morgan fingerprint density at radius 1 is 1.12 bits per heavy atom. The van der Waals surface area contributed by atoms with Crippen LogP contribution in [0.25, 0.3) is 22.6 Å². The zero-order valence-corrected chi connectivity index (χ0v) is 22.3. The monoisotopic (exact) mass is 589 g/mol. The Labute approximate surface area is 235 Å². The number of allylic oxidation sites excluding steroid dienone is 1. The maximum Gasteiger partial charge on any atom is 0.416 e. The van der Waals surface area contributed by atoms with Crippen molar-refractivity contribution < 1.29 is 27.4 Å². The average Bonchev–Trinajstić information content (AvgIpc) is 3.31. The number of methoxy groups -OCH3 is 1.